The quantitative estimate of drug-likeness (QED) is 0.690. The van der Waals surface area contributed by atoms with Crippen molar-refractivity contribution in [3.63, 3.8) is 0 Å². The van der Waals surface area contributed by atoms with Crippen LogP contribution in [0.2, 0.25) is 5.02 Å². The molecule has 1 rings (SSSR count). The Balaban J connectivity index is 2.72. The largest absolute Gasteiger partial charge is 0.489 e. The van der Waals surface area contributed by atoms with Gasteiger partial charge in [-0.2, -0.15) is 0 Å². The molecule has 0 radical (unpaired) electrons. The van der Waals surface area contributed by atoms with Crippen molar-refractivity contribution in [3.05, 3.63) is 28.8 Å². The molecule has 0 saturated carbocycles. The number of carbonyl (C=O) groups is 1. The zero-order chi connectivity index (χ0) is 12.1. The van der Waals surface area contributed by atoms with Crippen LogP contribution in [0.1, 0.15) is 10.4 Å². The molecule has 0 bridgehead atoms. The average molecular weight is 246 g/mol. The van der Waals surface area contributed by atoms with Gasteiger partial charge in [-0.25, -0.2) is 0 Å². The van der Waals surface area contributed by atoms with Gasteiger partial charge >= 0.3 is 0 Å². The van der Waals surface area contributed by atoms with Crippen LogP contribution < -0.4 is 10.5 Å². The summed E-state index contributed by atoms with van der Waals surface area (Å²) < 4.78 is 5.13. The van der Waals surface area contributed by atoms with Crippen LogP contribution in [0.15, 0.2) is 18.2 Å². The van der Waals surface area contributed by atoms with E-state index in [0.717, 1.165) is 0 Å². The molecule has 0 aliphatic carbocycles. The molecule has 0 aromatic heterocycles. The molecule has 1 amide bonds. The third-order valence-corrected chi connectivity index (χ3v) is 2.15. The van der Waals surface area contributed by atoms with E-state index in [4.69, 9.17) is 32.3 Å². The molecule has 1 aromatic carbocycles. The third kappa shape index (κ3) is 3.37. The second-order valence-electron chi connectivity index (χ2n) is 3.16. The van der Waals surface area contributed by atoms with Gasteiger partial charge in [0.25, 0.3) is 0 Å². The number of nitrogens with two attached hydrogens (primary N) is 1. The molecule has 16 heavy (non-hydrogen) atoms. The number of aliphatic hydroxyl groups excluding tert-OH is 2. The van der Waals surface area contributed by atoms with Crippen LogP contribution in [0.4, 0.5) is 0 Å². The van der Waals surface area contributed by atoms with Gasteiger partial charge in [-0.3, -0.25) is 4.79 Å². The number of amides is 1. The van der Waals surface area contributed by atoms with Crippen LogP contribution in [-0.4, -0.2) is 35.4 Å². The molecule has 0 aliphatic rings. The summed E-state index contributed by atoms with van der Waals surface area (Å²) in [4.78, 5) is 10.8. The molecule has 1 aromatic rings. The minimum absolute atomic E-state index is 0.0772. The lowest BCUT2D eigenvalue weighted by Gasteiger charge is -2.11. The number of rotatable bonds is 5. The normalized spacial score (nSPS) is 12.2. The van der Waals surface area contributed by atoms with Crippen molar-refractivity contribution in [2.24, 2.45) is 5.73 Å². The van der Waals surface area contributed by atoms with Crippen LogP contribution in [-0.2, 0) is 0 Å². The van der Waals surface area contributed by atoms with Gasteiger partial charge in [-0.15, -0.1) is 0 Å². The molecule has 6 heteroatoms. The molecule has 0 spiro atoms. The van der Waals surface area contributed by atoms with Crippen molar-refractivity contribution in [3.8, 4) is 5.75 Å². The molecule has 1 atom stereocenters. The molecule has 0 unspecified atom stereocenters. The summed E-state index contributed by atoms with van der Waals surface area (Å²) in [5.41, 5.74) is 5.34. The summed E-state index contributed by atoms with van der Waals surface area (Å²) in [6.45, 7) is -0.469. The molecule has 0 aliphatic heterocycles. The van der Waals surface area contributed by atoms with Crippen molar-refractivity contribution < 1.29 is 19.7 Å². The van der Waals surface area contributed by atoms with Gasteiger partial charge in [0.15, 0.2) is 0 Å². The smallest absolute Gasteiger partial charge is 0.248 e. The first-order valence-corrected chi connectivity index (χ1v) is 4.93. The minimum Gasteiger partial charge on any atom is -0.489 e. The highest BCUT2D eigenvalue weighted by Gasteiger charge is 2.08. The molecule has 0 heterocycles. The first-order chi connectivity index (χ1) is 7.54. The second kappa shape index (κ2) is 5.69. The van der Waals surface area contributed by atoms with Gasteiger partial charge < -0.3 is 20.7 Å². The summed E-state index contributed by atoms with van der Waals surface area (Å²) in [6.07, 6.45) is -0.966. The number of ether oxygens (including phenoxy) is 1. The van der Waals surface area contributed by atoms with E-state index in [1.807, 2.05) is 0 Å². The van der Waals surface area contributed by atoms with E-state index in [2.05, 4.69) is 0 Å². The maximum atomic E-state index is 10.8. The van der Waals surface area contributed by atoms with Gasteiger partial charge in [0, 0.05) is 5.56 Å². The topological polar surface area (TPSA) is 92.8 Å². The van der Waals surface area contributed by atoms with Gasteiger partial charge in [0.05, 0.1) is 11.6 Å². The Bertz CT molecular complexity index is 383. The fourth-order valence-electron chi connectivity index (χ4n) is 1.01. The Morgan fingerprint density at radius 1 is 1.56 bits per heavy atom. The van der Waals surface area contributed by atoms with Crippen molar-refractivity contribution in [1.82, 2.24) is 0 Å². The fourth-order valence-corrected chi connectivity index (χ4v) is 1.24. The lowest BCUT2D eigenvalue weighted by atomic mass is 10.2. The standard InChI is InChI=1S/C10H12ClNO4/c11-8-3-6(10(12)15)1-2-9(8)16-5-7(14)4-13/h1-3,7,13-14H,4-5H2,(H2,12,15)/t7-/m1/s1. The number of carbonyl (C=O) groups excluding carboxylic acids is 1. The Morgan fingerprint density at radius 3 is 2.75 bits per heavy atom. The fraction of sp³-hybridized carbons (Fsp3) is 0.300. The lowest BCUT2D eigenvalue weighted by Crippen LogP contribution is -2.21. The van der Waals surface area contributed by atoms with Crippen LogP contribution in [0, 0.1) is 0 Å². The number of benzene rings is 1. The maximum Gasteiger partial charge on any atom is 0.248 e. The number of halogens is 1. The van der Waals surface area contributed by atoms with E-state index in [1.165, 1.54) is 18.2 Å². The summed E-state index contributed by atoms with van der Waals surface area (Å²) in [7, 11) is 0. The van der Waals surface area contributed by atoms with E-state index in [9.17, 15) is 4.79 Å². The number of aliphatic hydroxyl groups is 2. The molecule has 0 saturated heterocycles. The molecular formula is C10H12ClNO4. The Labute approximate surface area is 97.4 Å². The predicted octanol–water partition coefficient (Wildman–Crippen LogP) is 0.171. The SMILES string of the molecule is NC(=O)c1ccc(OC[C@H](O)CO)c(Cl)c1. The molecule has 4 N–H and O–H groups in total. The van der Waals surface area contributed by atoms with Crippen LogP contribution in [0.3, 0.4) is 0 Å². The highest BCUT2D eigenvalue weighted by molar-refractivity contribution is 6.32. The first kappa shape index (κ1) is 12.8. The molecule has 0 fully saturated rings. The van der Waals surface area contributed by atoms with Crippen molar-refractivity contribution in [2.75, 3.05) is 13.2 Å². The summed E-state index contributed by atoms with van der Waals surface area (Å²) >= 11 is 5.82. The highest BCUT2D eigenvalue weighted by atomic mass is 35.5. The molecule has 88 valence electrons. The predicted molar refractivity (Wildman–Crippen MR) is 58.6 cm³/mol. The summed E-state index contributed by atoms with van der Waals surface area (Å²) in [6, 6.07) is 4.33. The lowest BCUT2D eigenvalue weighted by molar-refractivity contribution is 0.0536. The van der Waals surface area contributed by atoms with Gasteiger partial charge in [0.1, 0.15) is 18.5 Å². The second-order valence-corrected chi connectivity index (χ2v) is 3.56. The number of hydrogen-bond donors (Lipinski definition) is 3. The van der Waals surface area contributed by atoms with E-state index >= 15 is 0 Å². The Morgan fingerprint density at radius 2 is 2.25 bits per heavy atom. The Kier molecular flexibility index (Phi) is 4.54. The Hall–Kier alpha value is -1.30. The summed E-state index contributed by atoms with van der Waals surface area (Å²) in [5, 5.41) is 17.9. The maximum absolute atomic E-state index is 10.8. The monoisotopic (exact) mass is 245 g/mol. The van der Waals surface area contributed by atoms with Crippen molar-refractivity contribution in [2.45, 2.75) is 6.10 Å². The van der Waals surface area contributed by atoms with Gasteiger partial charge in [-0.05, 0) is 18.2 Å². The third-order valence-electron chi connectivity index (χ3n) is 1.86. The van der Waals surface area contributed by atoms with Crippen LogP contribution >= 0.6 is 11.6 Å². The van der Waals surface area contributed by atoms with E-state index in [0.29, 0.717) is 5.75 Å². The zero-order valence-electron chi connectivity index (χ0n) is 8.39. The van der Waals surface area contributed by atoms with Gasteiger partial charge in [-0.1, -0.05) is 11.6 Å². The average Bonchev–Trinajstić information content (AvgIpc) is 2.26. The summed E-state index contributed by atoms with van der Waals surface area (Å²) in [5.74, 6) is -0.261. The first-order valence-electron chi connectivity index (χ1n) is 4.55. The van der Waals surface area contributed by atoms with E-state index in [-0.39, 0.29) is 17.2 Å². The van der Waals surface area contributed by atoms with Crippen LogP contribution in [0.5, 0.6) is 5.75 Å². The minimum atomic E-state index is -0.966. The van der Waals surface area contributed by atoms with E-state index in [1.54, 1.807) is 0 Å². The van der Waals surface area contributed by atoms with Crippen molar-refractivity contribution >= 4 is 17.5 Å². The highest BCUT2D eigenvalue weighted by Crippen LogP contribution is 2.25. The number of primary amides is 1. The molecule has 5 nitrogen and oxygen atoms in total. The molecular weight excluding hydrogens is 234 g/mol. The van der Waals surface area contributed by atoms with Crippen molar-refractivity contribution in [1.29, 1.82) is 0 Å². The zero-order valence-corrected chi connectivity index (χ0v) is 9.15. The van der Waals surface area contributed by atoms with Gasteiger partial charge in [0.2, 0.25) is 5.91 Å². The number of hydrogen-bond acceptors (Lipinski definition) is 4. The van der Waals surface area contributed by atoms with E-state index < -0.39 is 18.6 Å². The van der Waals surface area contributed by atoms with Crippen LogP contribution in [0.25, 0.3) is 0 Å².